The van der Waals surface area contributed by atoms with Gasteiger partial charge in [0, 0.05) is 6.07 Å². The molecule has 0 spiro atoms. The summed E-state index contributed by atoms with van der Waals surface area (Å²) in [5.41, 5.74) is -2.38. The highest BCUT2D eigenvalue weighted by atomic mass is 32.2. The first-order valence-corrected chi connectivity index (χ1v) is 7.10. The van der Waals surface area contributed by atoms with Crippen LogP contribution in [0.2, 0.25) is 0 Å². The molecule has 0 saturated carbocycles. The molecule has 0 aliphatic rings. The van der Waals surface area contributed by atoms with E-state index in [0.29, 0.717) is 17.8 Å². The lowest BCUT2D eigenvalue weighted by atomic mass is 10.3. The number of alkyl halides is 3. The van der Waals surface area contributed by atoms with Crippen LogP contribution in [0.25, 0.3) is 0 Å². The van der Waals surface area contributed by atoms with Crippen molar-refractivity contribution < 1.29 is 22.4 Å². The summed E-state index contributed by atoms with van der Waals surface area (Å²) in [5.74, 6) is -1.64. The Hall–Kier alpha value is -2.36. The van der Waals surface area contributed by atoms with Crippen molar-refractivity contribution >= 4 is 23.4 Å². The molecule has 10 heteroatoms. The smallest absolute Gasteiger partial charge is 0.323 e. The highest BCUT2D eigenvalue weighted by molar-refractivity contribution is 7.99. The van der Waals surface area contributed by atoms with E-state index >= 15 is 0 Å². The van der Waals surface area contributed by atoms with Gasteiger partial charge in [-0.15, -0.1) is 0 Å². The van der Waals surface area contributed by atoms with E-state index in [1.807, 2.05) is 0 Å². The molecule has 1 aromatic carbocycles. The van der Waals surface area contributed by atoms with E-state index in [2.05, 4.69) is 15.3 Å². The van der Waals surface area contributed by atoms with E-state index < -0.39 is 29.2 Å². The minimum atomic E-state index is -4.76. The lowest BCUT2D eigenvalue weighted by Gasteiger charge is -2.08. The van der Waals surface area contributed by atoms with Crippen molar-refractivity contribution in [2.45, 2.75) is 11.3 Å². The molecule has 2 rings (SSSR count). The molecule has 5 nitrogen and oxygen atoms in total. The molecular weight excluding hydrogens is 338 g/mol. The van der Waals surface area contributed by atoms with Crippen LogP contribution in [0.15, 0.2) is 40.3 Å². The van der Waals surface area contributed by atoms with E-state index in [0.717, 1.165) is 6.07 Å². The zero-order chi connectivity index (χ0) is 17.0. The molecule has 23 heavy (non-hydrogen) atoms. The van der Waals surface area contributed by atoms with Crippen molar-refractivity contribution in [1.29, 1.82) is 0 Å². The number of benzene rings is 1. The van der Waals surface area contributed by atoms with Gasteiger partial charge in [-0.2, -0.15) is 13.2 Å². The number of carbonyl (C=O) groups excluding carboxylic acids is 1. The van der Waals surface area contributed by atoms with Gasteiger partial charge in [0.2, 0.25) is 5.91 Å². The number of rotatable bonds is 4. The maximum atomic E-state index is 13.3. The number of H-pyrrole nitrogens is 1. The number of halogens is 4. The van der Waals surface area contributed by atoms with Crippen LogP contribution in [0.3, 0.4) is 0 Å². The molecule has 0 unspecified atom stereocenters. The first-order valence-electron chi connectivity index (χ1n) is 6.11. The molecule has 0 aliphatic carbocycles. The topological polar surface area (TPSA) is 74.8 Å². The number of hydrogen-bond donors (Lipinski definition) is 2. The lowest BCUT2D eigenvalue weighted by molar-refractivity contribution is -0.141. The van der Waals surface area contributed by atoms with Gasteiger partial charge in [-0.05, 0) is 12.1 Å². The second-order valence-corrected chi connectivity index (χ2v) is 5.21. The summed E-state index contributed by atoms with van der Waals surface area (Å²) >= 11 is 0.597. The average Bonchev–Trinajstić information content (AvgIpc) is 2.46. The number of aromatic amines is 1. The monoisotopic (exact) mass is 347 g/mol. The van der Waals surface area contributed by atoms with Gasteiger partial charge in [0.15, 0.2) is 10.9 Å². The Balaban J connectivity index is 2.03. The second kappa shape index (κ2) is 6.82. The number of anilines is 1. The standard InChI is InChI=1S/C13H9F4N3O2S/c14-7-3-1-2-4-8(7)18-11(22)6-23-12-19-9(13(15,16)17)5-10(21)20-12/h1-5H,6H2,(H,18,22)(H,19,20,21). The number of para-hydroxylation sites is 1. The van der Waals surface area contributed by atoms with Crippen molar-refractivity contribution in [3.8, 4) is 0 Å². The molecule has 1 amide bonds. The van der Waals surface area contributed by atoms with Crippen LogP contribution in [0, 0.1) is 5.82 Å². The van der Waals surface area contributed by atoms with E-state index in [9.17, 15) is 27.2 Å². The molecule has 0 radical (unpaired) electrons. The number of amides is 1. The Morgan fingerprint density at radius 2 is 2.00 bits per heavy atom. The van der Waals surface area contributed by atoms with E-state index in [-0.39, 0.29) is 16.6 Å². The van der Waals surface area contributed by atoms with Crippen molar-refractivity contribution in [3.63, 3.8) is 0 Å². The molecule has 0 aliphatic heterocycles. The summed E-state index contributed by atoms with van der Waals surface area (Å²) in [6.45, 7) is 0. The lowest BCUT2D eigenvalue weighted by Crippen LogP contribution is -2.18. The molecule has 0 atom stereocenters. The summed E-state index contributed by atoms with van der Waals surface area (Å²) in [6.07, 6.45) is -4.76. The summed E-state index contributed by atoms with van der Waals surface area (Å²) in [6, 6.07) is 5.76. The highest BCUT2D eigenvalue weighted by Crippen LogP contribution is 2.27. The SMILES string of the molecule is O=C(CSc1nc(C(F)(F)F)cc(=O)[nH]1)Nc1ccccc1F. The number of nitrogens with zero attached hydrogens (tertiary/aromatic N) is 1. The number of carbonyl (C=O) groups is 1. The fourth-order valence-corrected chi connectivity index (χ4v) is 2.21. The zero-order valence-electron chi connectivity index (χ0n) is 11.3. The Morgan fingerprint density at radius 1 is 1.30 bits per heavy atom. The minimum absolute atomic E-state index is 0.0522. The summed E-state index contributed by atoms with van der Waals surface area (Å²) in [4.78, 5) is 28.2. The summed E-state index contributed by atoms with van der Waals surface area (Å²) < 4.78 is 50.9. The van der Waals surface area contributed by atoms with Crippen LogP contribution in [0.4, 0.5) is 23.2 Å². The van der Waals surface area contributed by atoms with Gasteiger partial charge in [-0.3, -0.25) is 9.59 Å². The third kappa shape index (κ3) is 4.81. The third-order valence-electron chi connectivity index (χ3n) is 2.50. The maximum absolute atomic E-state index is 13.3. The highest BCUT2D eigenvalue weighted by Gasteiger charge is 2.33. The normalized spacial score (nSPS) is 11.3. The van der Waals surface area contributed by atoms with Gasteiger partial charge in [0.25, 0.3) is 5.56 Å². The van der Waals surface area contributed by atoms with Crippen LogP contribution in [-0.4, -0.2) is 21.6 Å². The minimum Gasteiger partial charge on any atom is -0.323 e. The van der Waals surface area contributed by atoms with E-state index in [4.69, 9.17) is 0 Å². The number of thioether (sulfide) groups is 1. The average molecular weight is 347 g/mol. The number of nitrogens with one attached hydrogen (secondary N) is 2. The zero-order valence-corrected chi connectivity index (χ0v) is 12.1. The quantitative estimate of drug-likeness (QED) is 0.507. The van der Waals surface area contributed by atoms with Gasteiger partial charge in [-0.1, -0.05) is 23.9 Å². The van der Waals surface area contributed by atoms with Crippen molar-refractivity contribution in [1.82, 2.24) is 9.97 Å². The molecule has 0 saturated heterocycles. The first-order chi connectivity index (χ1) is 10.8. The number of aromatic nitrogens is 2. The molecule has 0 bridgehead atoms. The molecule has 0 fully saturated rings. The molecular formula is C13H9F4N3O2S. The van der Waals surface area contributed by atoms with Gasteiger partial charge in [0.05, 0.1) is 11.4 Å². The van der Waals surface area contributed by atoms with E-state index in [1.165, 1.54) is 18.2 Å². The van der Waals surface area contributed by atoms with E-state index in [1.54, 1.807) is 0 Å². The van der Waals surface area contributed by atoms with Gasteiger partial charge in [-0.25, -0.2) is 9.37 Å². The van der Waals surface area contributed by atoms with Gasteiger partial charge in [0.1, 0.15) is 5.82 Å². The fraction of sp³-hybridized carbons (Fsp3) is 0.154. The number of hydrogen-bond acceptors (Lipinski definition) is 4. The Bertz CT molecular complexity index is 776. The van der Waals surface area contributed by atoms with Gasteiger partial charge >= 0.3 is 6.18 Å². The van der Waals surface area contributed by atoms with Crippen LogP contribution >= 0.6 is 11.8 Å². The maximum Gasteiger partial charge on any atom is 0.433 e. The largest absolute Gasteiger partial charge is 0.433 e. The summed E-state index contributed by atoms with van der Waals surface area (Å²) in [5, 5.41) is 1.91. The second-order valence-electron chi connectivity index (χ2n) is 4.25. The molecule has 2 N–H and O–H groups in total. The molecule has 2 aromatic rings. The Morgan fingerprint density at radius 3 is 2.65 bits per heavy atom. The van der Waals surface area contributed by atoms with Gasteiger partial charge < -0.3 is 10.3 Å². The predicted octanol–water partition coefficient (Wildman–Crippen LogP) is 2.66. The predicted molar refractivity (Wildman–Crippen MR) is 75.6 cm³/mol. The Labute approximate surface area is 131 Å². The van der Waals surface area contributed by atoms with Crippen LogP contribution < -0.4 is 10.9 Å². The fourth-order valence-electron chi connectivity index (χ4n) is 1.53. The van der Waals surface area contributed by atoms with Crippen LogP contribution in [0.1, 0.15) is 5.69 Å². The van der Waals surface area contributed by atoms with Crippen LogP contribution in [-0.2, 0) is 11.0 Å². The molecule has 1 heterocycles. The molecule has 122 valence electrons. The van der Waals surface area contributed by atoms with Crippen molar-refractivity contribution in [2.24, 2.45) is 0 Å². The van der Waals surface area contributed by atoms with Crippen LogP contribution in [0.5, 0.6) is 0 Å². The first kappa shape index (κ1) is 17.0. The van der Waals surface area contributed by atoms with Crippen molar-refractivity contribution in [2.75, 3.05) is 11.1 Å². The summed E-state index contributed by atoms with van der Waals surface area (Å²) in [7, 11) is 0. The Kier molecular flexibility index (Phi) is 5.04. The third-order valence-corrected chi connectivity index (χ3v) is 3.37. The van der Waals surface area contributed by atoms with Crippen molar-refractivity contribution in [3.05, 3.63) is 52.2 Å². The molecule has 1 aromatic heterocycles.